The van der Waals surface area contributed by atoms with Gasteiger partial charge in [-0.2, -0.15) is 9.97 Å². The molecule has 0 atom stereocenters. The number of aromatic nitrogens is 3. The maximum absolute atomic E-state index is 6.44. The van der Waals surface area contributed by atoms with Gasteiger partial charge >= 0.3 is 0 Å². The number of benzene rings is 2. The molecule has 0 amide bonds. The van der Waals surface area contributed by atoms with Crippen molar-refractivity contribution in [3.8, 4) is 22.5 Å². The van der Waals surface area contributed by atoms with Crippen molar-refractivity contribution in [3.05, 3.63) is 60.4 Å². The molecule has 0 spiro atoms. The van der Waals surface area contributed by atoms with Gasteiger partial charge in [0.05, 0.1) is 0 Å². The van der Waals surface area contributed by atoms with Gasteiger partial charge in [0.1, 0.15) is 0 Å². The van der Waals surface area contributed by atoms with Crippen molar-refractivity contribution in [2.75, 3.05) is 11.9 Å². The van der Waals surface area contributed by atoms with Gasteiger partial charge in [-0.05, 0) is 24.0 Å². The molecule has 0 aliphatic heterocycles. The number of nitrogens with two attached hydrogens (primary N) is 1. The summed E-state index contributed by atoms with van der Waals surface area (Å²) in [6.45, 7) is 0.558. The second-order valence-electron chi connectivity index (χ2n) is 7.67. The van der Waals surface area contributed by atoms with Crippen LogP contribution in [0.5, 0.6) is 0 Å². The van der Waals surface area contributed by atoms with Gasteiger partial charge < -0.3 is 11.1 Å². The molecule has 4 rings (SSSR count). The third kappa shape index (κ3) is 5.03. The molecule has 3 N–H and O–H groups in total. The molecular formula is C22H22Cl3N5. The molecule has 1 aromatic heterocycles. The molecule has 1 aliphatic rings. The molecule has 8 heteroatoms. The summed E-state index contributed by atoms with van der Waals surface area (Å²) in [7, 11) is 0. The lowest BCUT2D eigenvalue weighted by atomic mass is 10.00. The summed E-state index contributed by atoms with van der Waals surface area (Å²) in [6.07, 6.45) is 4.20. The van der Waals surface area contributed by atoms with E-state index >= 15 is 0 Å². The third-order valence-electron chi connectivity index (χ3n) is 5.34. The smallest absolute Gasteiger partial charge is 0.250 e. The monoisotopic (exact) mass is 461 g/mol. The van der Waals surface area contributed by atoms with E-state index in [0.29, 0.717) is 18.3 Å². The van der Waals surface area contributed by atoms with Crippen LogP contribution in [0.2, 0.25) is 0 Å². The highest BCUT2D eigenvalue weighted by Gasteiger charge is 2.31. The maximum atomic E-state index is 6.44. The summed E-state index contributed by atoms with van der Waals surface area (Å²) in [5.74, 6) is 0.862. The molecule has 1 heterocycles. The van der Waals surface area contributed by atoms with Crippen molar-refractivity contribution in [3.63, 3.8) is 0 Å². The Morgan fingerprint density at radius 3 is 2.07 bits per heavy atom. The molecule has 2 aromatic carbocycles. The molecule has 1 aliphatic carbocycles. The van der Waals surface area contributed by atoms with Crippen LogP contribution in [0.4, 0.5) is 5.95 Å². The van der Waals surface area contributed by atoms with Gasteiger partial charge in [-0.15, -0.1) is 0 Å². The summed E-state index contributed by atoms with van der Waals surface area (Å²) in [5.41, 5.74) is 9.22. The normalized spacial score (nSPS) is 15.9. The molecule has 1 saturated carbocycles. The van der Waals surface area contributed by atoms with E-state index in [1.807, 2.05) is 42.5 Å². The number of anilines is 1. The fourth-order valence-electron chi connectivity index (χ4n) is 3.66. The van der Waals surface area contributed by atoms with Crippen molar-refractivity contribution < 1.29 is 0 Å². The van der Waals surface area contributed by atoms with Crippen LogP contribution in [-0.4, -0.2) is 27.0 Å². The molecule has 156 valence electrons. The Bertz CT molecular complexity index is 998. The summed E-state index contributed by atoms with van der Waals surface area (Å²) < 4.78 is -1.76. The Kier molecular flexibility index (Phi) is 6.16. The van der Waals surface area contributed by atoms with Crippen LogP contribution in [0.25, 0.3) is 22.5 Å². The molecule has 30 heavy (non-hydrogen) atoms. The maximum Gasteiger partial charge on any atom is 0.250 e. The van der Waals surface area contributed by atoms with Gasteiger partial charge in [-0.1, -0.05) is 102 Å². The molecule has 0 saturated heterocycles. The average Bonchev–Trinajstić information content (AvgIpc) is 3.19. The summed E-state index contributed by atoms with van der Waals surface area (Å²) in [4.78, 5) is 13.2. The summed E-state index contributed by atoms with van der Waals surface area (Å²) >= 11 is 18.2. The average molecular weight is 463 g/mol. The van der Waals surface area contributed by atoms with E-state index in [1.54, 1.807) is 0 Å². The second kappa shape index (κ2) is 8.67. The van der Waals surface area contributed by atoms with Gasteiger partial charge in [0.25, 0.3) is 0 Å². The van der Waals surface area contributed by atoms with E-state index in [-0.39, 0.29) is 11.4 Å². The van der Waals surface area contributed by atoms with Crippen molar-refractivity contribution in [2.24, 2.45) is 5.73 Å². The second-order valence-corrected chi connectivity index (χ2v) is 9.95. The number of hydrogen-bond donors (Lipinski definition) is 2. The Balaban J connectivity index is 1.63. The highest BCUT2D eigenvalue weighted by Crippen LogP contribution is 2.37. The zero-order valence-corrected chi connectivity index (χ0v) is 18.6. The van der Waals surface area contributed by atoms with Crippen molar-refractivity contribution in [1.82, 2.24) is 15.0 Å². The van der Waals surface area contributed by atoms with Crippen molar-refractivity contribution >= 4 is 40.8 Å². The Hall–Kier alpha value is -1.92. The lowest BCUT2D eigenvalue weighted by Gasteiger charge is -2.24. The number of nitrogens with zero attached hydrogens (tertiary/aromatic N) is 3. The topological polar surface area (TPSA) is 76.7 Å². The minimum atomic E-state index is -1.76. The van der Waals surface area contributed by atoms with Gasteiger partial charge in [-0.25, -0.2) is 4.98 Å². The molecule has 0 unspecified atom stereocenters. The lowest BCUT2D eigenvalue weighted by molar-refractivity contribution is 0.463. The van der Waals surface area contributed by atoms with Crippen LogP contribution < -0.4 is 11.1 Å². The van der Waals surface area contributed by atoms with E-state index in [1.165, 1.54) is 0 Å². The zero-order chi connectivity index (χ0) is 21.2. The van der Waals surface area contributed by atoms with Crippen molar-refractivity contribution in [1.29, 1.82) is 0 Å². The number of alkyl halides is 3. The predicted molar refractivity (Wildman–Crippen MR) is 124 cm³/mol. The van der Waals surface area contributed by atoms with Gasteiger partial charge in [0.2, 0.25) is 9.74 Å². The quantitative estimate of drug-likeness (QED) is 0.474. The van der Waals surface area contributed by atoms with E-state index in [2.05, 4.69) is 32.4 Å². The molecule has 1 fully saturated rings. The standard InChI is InChI=1S/C22H22Cl3N5/c23-22(24,25)19-28-18(29-20(30-19)27-14-21(26)12-4-5-13-21)17-10-8-16(9-11-17)15-6-2-1-3-7-15/h1-3,6-11H,4-5,12-14,26H2,(H,27,28,29,30). The zero-order valence-electron chi connectivity index (χ0n) is 16.3. The molecule has 0 bridgehead atoms. The number of rotatable bonds is 5. The SMILES string of the molecule is NC1(CNc2nc(-c3ccc(-c4ccccc4)cc3)nc(C(Cl)(Cl)Cl)n2)CCCC1. The first-order valence-corrected chi connectivity index (χ1v) is 11.0. The first-order chi connectivity index (χ1) is 14.3. The highest BCUT2D eigenvalue weighted by atomic mass is 35.6. The Morgan fingerprint density at radius 2 is 1.43 bits per heavy atom. The third-order valence-corrected chi connectivity index (χ3v) is 5.84. The largest absolute Gasteiger partial charge is 0.352 e. The molecule has 5 nitrogen and oxygen atoms in total. The van der Waals surface area contributed by atoms with E-state index in [9.17, 15) is 0 Å². The summed E-state index contributed by atoms with van der Waals surface area (Å²) in [6, 6.07) is 18.1. The van der Waals surface area contributed by atoms with E-state index in [4.69, 9.17) is 40.5 Å². The minimum absolute atomic E-state index is 0.0737. The highest BCUT2D eigenvalue weighted by molar-refractivity contribution is 6.66. The number of hydrogen-bond acceptors (Lipinski definition) is 5. The van der Waals surface area contributed by atoms with Crippen LogP contribution in [0.15, 0.2) is 54.6 Å². The van der Waals surface area contributed by atoms with Crippen LogP contribution in [0, 0.1) is 0 Å². The Labute approximate surface area is 191 Å². The number of halogens is 3. The minimum Gasteiger partial charge on any atom is -0.352 e. The van der Waals surface area contributed by atoms with E-state index in [0.717, 1.165) is 42.4 Å². The van der Waals surface area contributed by atoms with Crippen LogP contribution in [0.1, 0.15) is 31.5 Å². The Morgan fingerprint density at radius 1 is 0.833 bits per heavy atom. The fourth-order valence-corrected chi connectivity index (χ4v) is 3.92. The van der Waals surface area contributed by atoms with Crippen LogP contribution >= 0.6 is 34.8 Å². The predicted octanol–water partition coefficient (Wildman–Crippen LogP) is 5.72. The molecular weight excluding hydrogens is 441 g/mol. The number of nitrogens with one attached hydrogen (secondary N) is 1. The van der Waals surface area contributed by atoms with E-state index < -0.39 is 3.79 Å². The summed E-state index contributed by atoms with van der Waals surface area (Å²) in [5, 5.41) is 3.22. The molecule has 3 aromatic rings. The lowest BCUT2D eigenvalue weighted by Crippen LogP contribution is -2.43. The van der Waals surface area contributed by atoms with Gasteiger partial charge in [0, 0.05) is 17.6 Å². The van der Waals surface area contributed by atoms with Crippen molar-refractivity contribution in [2.45, 2.75) is 35.0 Å². The van der Waals surface area contributed by atoms with Crippen LogP contribution in [0.3, 0.4) is 0 Å². The molecule has 0 radical (unpaired) electrons. The van der Waals surface area contributed by atoms with Gasteiger partial charge in [-0.3, -0.25) is 0 Å². The van der Waals surface area contributed by atoms with Crippen LogP contribution in [-0.2, 0) is 3.79 Å². The first-order valence-electron chi connectivity index (χ1n) is 9.84. The fraction of sp³-hybridized carbons (Fsp3) is 0.318. The van der Waals surface area contributed by atoms with Gasteiger partial charge in [0.15, 0.2) is 11.6 Å². The first kappa shape index (κ1) is 21.3.